The summed E-state index contributed by atoms with van der Waals surface area (Å²) >= 11 is 0. The second kappa shape index (κ2) is 12.4. The lowest BCUT2D eigenvalue weighted by Gasteiger charge is -2.30. The highest BCUT2D eigenvalue weighted by atomic mass is 16.5. The molecule has 0 spiro atoms. The zero-order chi connectivity index (χ0) is 25.2. The molecule has 1 aliphatic rings. The largest absolute Gasteiger partial charge is 0.491 e. The molecule has 35 heavy (non-hydrogen) atoms. The van der Waals surface area contributed by atoms with Crippen LogP contribution in [0, 0.1) is 5.41 Å². The molecule has 186 valence electrons. The predicted octanol–water partition coefficient (Wildman–Crippen LogP) is 2.41. The fourth-order valence-corrected chi connectivity index (χ4v) is 3.63. The summed E-state index contributed by atoms with van der Waals surface area (Å²) in [5.74, 6) is -0.0169. The Labute approximate surface area is 204 Å². The number of nitrogens with two attached hydrogens (primary N) is 1. The van der Waals surface area contributed by atoms with Gasteiger partial charge in [-0.15, -0.1) is 0 Å². The van der Waals surface area contributed by atoms with Crippen LogP contribution in [0.15, 0.2) is 47.6 Å². The normalized spacial score (nSPS) is 13.9. The topological polar surface area (TPSA) is 139 Å². The number of ether oxygens (including phenoxy) is 3. The van der Waals surface area contributed by atoms with Crippen LogP contribution >= 0.6 is 0 Å². The number of nitrogens with zero attached hydrogens (tertiary/aromatic N) is 2. The molecule has 0 aromatic heterocycles. The van der Waals surface area contributed by atoms with E-state index < -0.39 is 5.97 Å². The van der Waals surface area contributed by atoms with E-state index in [4.69, 9.17) is 25.4 Å². The van der Waals surface area contributed by atoms with Gasteiger partial charge in [-0.25, -0.2) is 4.79 Å². The highest BCUT2D eigenvalue weighted by Gasteiger charge is 2.19. The number of nitrogens with one attached hydrogen (secondary N) is 2. The van der Waals surface area contributed by atoms with Crippen molar-refractivity contribution in [3.63, 3.8) is 0 Å². The third kappa shape index (κ3) is 7.20. The Morgan fingerprint density at radius 3 is 2.49 bits per heavy atom. The second-order valence-corrected chi connectivity index (χ2v) is 7.89. The summed E-state index contributed by atoms with van der Waals surface area (Å²) in [5.41, 5.74) is 6.64. The zero-order valence-electron chi connectivity index (χ0n) is 20.0. The Balaban J connectivity index is 1.48. The van der Waals surface area contributed by atoms with E-state index in [-0.39, 0.29) is 42.3 Å². The van der Waals surface area contributed by atoms with Crippen LogP contribution in [0.4, 0.5) is 0 Å². The Hall–Kier alpha value is -4.08. The summed E-state index contributed by atoms with van der Waals surface area (Å²) in [7, 11) is 1.27. The number of rotatable bonds is 10. The molecule has 0 aliphatic carbocycles. The number of esters is 1. The molecule has 1 heterocycles. The van der Waals surface area contributed by atoms with Crippen LogP contribution in [0.1, 0.15) is 46.0 Å². The molecule has 0 saturated carbocycles. The van der Waals surface area contributed by atoms with Crippen LogP contribution in [0.5, 0.6) is 11.5 Å². The van der Waals surface area contributed by atoms with Gasteiger partial charge in [0.2, 0.25) is 0 Å². The van der Waals surface area contributed by atoms with Crippen molar-refractivity contribution in [2.75, 3.05) is 33.4 Å². The molecule has 0 bridgehead atoms. The van der Waals surface area contributed by atoms with Crippen molar-refractivity contribution >= 4 is 23.9 Å². The monoisotopic (exact) mass is 481 g/mol. The SMILES string of the molecule is C/C=N/N1CCC(Oc2ccc(C(=O)NCCOc3cc(C(=N)N)ccc3C(=O)OC)cc2)CC1. The summed E-state index contributed by atoms with van der Waals surface area (Å²) in [5, 5.41) is 16.7. The molecule has 1 fully saturated rings. The van der Waals surface area contributed by atoms with Crippen molar-refractivity contribution in [2.45, 2.75) is 25.9 Å². The molecule has 3 rings (SSSR count). The van der Waals surface area contributed by atoms with Gasteiger partial charge in [0.25, 0.3) is 5.91 Å². The lowest BCUT2D eigenvalue weighted by Crippen LogP contribution is -2.35. The number of benzene rings is 2. The maximum atomic E-state index is 12.5. The Kier molecular flexibility index (Phi) is 9.05. The molecule has 1 saturated heterocycles. The van der Waals surface area contributed by atoms with Gasteiger partial charge in [-0.1, -0.05) is 6.07 Å². The molecule has 2 aromatic rings. The van der Waals surface area contributed by atoms with Crippen molar-refractivity contribution in [3.8, 4) is 11.5 Å². The van der Waals surface area contributed by atoms with Gasteiger partial charge in [-0.2, -0.15) is 5.10 Å². The van der Waals surface area contributed by atoms with Crippen LogP contribution in [-0.2, 0) is 4.74 Å². The van der Waals surface area contributed by atoms with Gasteiger partial charge in [0.1, 0.15) is 35.6 Å². The highest BCUT2D eigenvalue weighted by Crippen LogP contribution is 2.22. The van der Waals surface area contributed by atoms with E-state index >= 15 is 0 Å². The van der Waals surface area contributed by atoms with E-state index in [2.05, 4.69) is 10.4 Å². The number of hydrogen-bond acceptors (Lipinski definition) is 8. The lowest BCUT2D eigenvalue weighted by atomic mass is 10.1. The minimum Gasteiger partial charge on any atom is -0.491 e. The van der Waals surface area contributed by atoms with Crippen molar-refractivity contribution in [2.24, 2.45) is 10.8 Å². The number of methoxy groups -OCH3 is 1. The third-order valence-corrected chi connectivity index (χ3v) is 5.46. The van der Waals surface area contributed by atoms with E-state index in [1.807, 2.05) is 11.9 Å². The van der Waals surface area contributed by atoms with Gasteiger partial charge < -0.3 is 25.3 Å². The number of nitrogen functional groups attached to an aromatic ring is 1. The number of carbonyl (C=O) groups excluding carboxylic acids is 2. The molecule has 4 N–H and O–H groups in total. The first-order valence-corrected chi connectivity index (χ1v) is 11.4. The zero-order valence-corrected chi connectivity index (χ0v) is 20.0. The minimum absolute atomic E-state index is 0.110. The fourth-order valence-electron chi connectivity index (χ4n) is 3.63. The van der Waals surface area contributed by atoms with E-state index in [0.717, 1.165) is 31.7 Å². The van der Waals surface area contributed by atoms with Gasteiger partial charge in [0.05, 0.1) is 13.7 Å². The molecule has 10 heteroatoms. The number of hydrazone groups is 1. The average Bonchev–Trinajstić information content (AvgIpc) is 2.87. The van der Waals surface area contributed by atoms with E-state index in [0.29, 0.717) is 11.1 Å². The Bertz CT molecular complexity index is 1060. The van der Waals surface area contributed by atoms with Crippen LogP contribution in [0.25, 0.3) is 0 Å². The van der Waals surface area contributed by atoms with Crippen molar-refractivity contribution in [1.29, 1.82) is 5.41 Å². The maximum Gasteiger partial charge on any atom is 0.341 e. The van der Waals surface area contributed by atoms with Gasteiger partial charge >= 0.3 is 5.97 Å². The molecule has 2 aromatic carbocycles. The fraction of sp³-hybridized carbons (Fsp3) is 0.360. The summed E-state index contributed by atoms with van der Waals surface area (Å²) in [6.45, 7) is 3.94. The first-order chi connectivity index (χ1) is 16.9. The lowest BCUT2D eigenvalue weighted by molar-refractivity contribution is 0.0595. The van der Waals surface area contributed by atoms with Gasteiger partial charge in [0, 0.05) is 43.3 Å². The standard InChI is InChI=1S/C25H31N5O5/c1-3-29-30-13-10-20(11-14-30)35-19-7-4-17(5-8-19)24(31)28-12-15-34-22-16-18(23(26)27)6-9-21(22)25(32)33-2/h3-9,16,20H,10-15H2,1-2H3,(H3,26,27)(H,28,31)/b29-3+. The minimum atomic E-state index is -0.568. The van der Waals surface area contributed by atoms with Crippen LogP contribution in [-0.4, -0.2) is 68.4 Å². The first kappa shape index (κ1) is 25.5. The summed E-state index contributed by atoms with van der Waals surface area (Å²) in [4.78, 5) is 24.4. The number of carbonyl (C=O) groups is 2. The molecule has 0 radical (unpaired) electrons. The summed E-state index contributed by atoms with van der Waals surface area (Å²) in [6.07, 6.45) is 3.72. The van der Waals surface area contributed by atoms with Crippen molar-refractivity contribution < 1.29 is 23.8 Å². The average molecular weight is 482 g/mol. The predicted molar refractivity (Wildman–Crippen MR) is 132 cm³/mol. The third-order valence-electron chi connectivity index (χ3n) is 5.46. The Morgan fingerprint density at radius 2 is 1.86 bits per heavy atom. The second-order valence-electron chi connectivity index (χ2n) is 7.89. The van der Waals surface area contributed by atoms with E-state index in [1.165, 1.54) is 19.2 Å². The first-order valence-electron chi connectivity index (χ1n) is 11.4. The quantitative estimate of drug-likeness (QED) is 0.205. The molecule has 0 unspecified atom stereocenters. The molecule has 0 atom stereocenters. The molecular weight excluding hydrogens is 450 g/mol. The summed E-state index contributed by atoms with van der Waals surface area (Å²) in [6, 6.07) is 11.5. The molecule has 1 amide bonds. The van der Waals surface area contributed by atoms with E-state index in [9.17, 15) is 9.59 Å². The van der Waals surface area contributed by atoms with Gasteiger partial charge in [0.15, 0.2) is 0 Å². The number of amidine groups is 1. The van der Waals surface area contributed by atoms with Crippen molar-refractivity contribution in [1.82, 2.24) is 10.3 Å². The Morgan fingerprint density at radius 1 is 1.17 bits per heavy atom. The number of amides is 1. The van der Waals surface area contributed by atoms with Crippen molar-refractivity contribution in [3.05, 3.63) is 59.2 Å². The maximum absolute atomic E-state index is 12.5. The molecular formula is C25H31N5O5. The number of hydrogen-bond donors (Lipinski definition) is 3. The molecule has 10 nitrogen and oxygen atoms in total. The van der Waals surface area contributed by atoms with Crippen LogP contribution < -0.4 is 20.5 Å². The van der Waals surface area contributed by atoms with Gasteiger partial charge in [-0.05, 0) is 43.3 Å². The number of piperidine rings is 1. The van der Waals surface area contributed by atoms with Gasteiger partial charge in [-0.3, -0.25) is 15.2 Å². The van der Waals surface area contributed by atoms with Crippen LogP contribution in [0.3, 0.4) is 0 Å². The van der Waals surface area contributed by atoms with E-state index in [1.54, 1.807) is 36.5 Å². The smallest absolute Gasteiger partial charge is 0.341 e. The summed E-state index contributed by atoms with van der Waals surface area (Å²) < 4.78 is 16.5. The highest BCUT2D eigenvalue weighted by molar-refractivity contribution is 5.98. The van der Waals surface area contributed by atoms with Crippen LogP contribution in [0.2, 0.25) is 0 Å². The molecule has 1 aliphatic heterocycles.